The Kier molecular flexibility index (Phi) is 3.38. The fourth-order valence-corrected chi connectivity index (χ4v) is 2.69. The van der Waals surface area contributed by atoms with Crippen molar-refractivity contribution < 1.29 is 4.39 Å². The predicted octanol–water partition coefficient (Wildman–Crippen LogP) is 4.23. The van der Waals surface area contributed by atoms with Crippen molar-refractivity contribution in [2.24, 2.45) is 0 Å². The van der Waals surface area contributed by atoms with Gasteiger partial charge in [-0.25, -0.2) is 4.39 Å². The lowest BCUT2D eigenvalue weighted by atomic mass is 9.78. The van der Waals surface area contributed by atoms with Crippen molar-refractivity contribution in [2.75, 3.05) is 5.32 Å². The van der Waals surface area contributed by atoms with Crippen LogP contribution >= 0.6 is 11.6 Å². The molecule has 2 aromatic rings. The van der Waals surface area contributed by atoms with E-state index < -0.39 is 0 Å². The van der Waals surface area contributed by atoms with Crippen LogP contribution in [0.2, 0.25) is 5.02 Å². The molecule has 1 heterocycles. The second kappa shape index (κ2) is 5.17. The molecule has 1 aliphatic rings. The first-order valence-corrected chi connectivity index (χ1v) is 6.72. The van der Waals surface area contributed by atoms with Crippen LogP contribution in [-0.2, 0) is 0 Å². The highest BCUT2D eigenvalue weighted by Crippen LogP contribution is 2.37. The lowest BCUT2D eigenvalue weighted by molar-refractivity contribution is 0.367. The molecule has 4 heteroatoms. The molecule has 0 saturated heterocycles. The number of halogens is 2. The second-order valence-electron chi connectivity index (χ2n) is 4.92. The normalized spacial score (nSPS) is 21.8. The number of benzene rings is 1. The monoisotopic (exact) mass is 276 g/mol. The maximum Gasteiger partial charge on any atom is 0.126 e. The van der Waals surface area contributed by atoms with Crippen molar-refractivity contribution in [3.05, 3.63) is 59.1 Å². The van der Waals surface area contributed by atoms with E-state index in [-0.39, 0.29) is 5.82 Å². The Balaban J connectivity index is 1.59. The molecule has 98 valence electrons. The van der Waals surface area contributed by atoms with Gasteiger partial charge in [0.05, 0.1) is 0 Å². The largest absolute Gasteiger partial charge is 0.382 e. The number of anilines is 1. The second-order valence-corrected chi connectivity index (χ2v) is 5.36. The minimum Gasteiger partial charge on any atom is -0.382 e. The van der Waals surface area contributed by atoms with Gasteiger partial charge in [-0.3, -0.25) is 4.98 Å². The Morgan fingerprint density at radius 3 is 2.74 bits per heavy atom. The molecule has 0 bridgehead atoms. The first kappa shape index (κ1) is 12.4. The van der Waals surface area contributed by atoms with Gasteiger partial charge in [-0.1, -0.05) is 17.7 Å². The summed E-state index contributed by atoms with van der Waals surface area (Å²) in [6.45, 7) is 0. The zero-order valence-electron chi connectivity index (χ0n) is 10.3. The van der Waals surface area contributed by atoms with Gasteiger partial charge in [-0.15, -0.1) is 0 Å². The summed E-state index contributed by atoms with van der Waals surface area (Å²) in [7, 11) is 0. The molecule has 0 radical (unpaired) electrons. The number of nitrogens with one attached hydrogen (secondary N) is 1. The van der Waals surface area contributed by atoms with E-state index in [4.69, 9.17) is 11.6 Å². The van der Waals surface area contributed by atoms with Crippen LogP contribution in [0, 0.1) is 5.82 Å². The molecule has 3 rings (SSSR count). The molecule has 1 aliphatic carbocycles. The molecule has 2 nitrogen and oxygen atoms in total. The minimum absolute atomic E-state index is 0.310. The zero-order valence-corrected chi connectivity index (χ0v) is 11.1. The summed E-state index contributed by atoms with van der Waals surface area (Å²) in [4.78, 5) is 4.36. The molecule has 1 aromatic carbocycles. The van der Waals surface area contributed by atoms with Crippen LogP contribution in [0.3, 0.4) is 0 Å². The minimum atomic E-state index is -0.310. The van der Waals surface area contributed by atoms with Gasteiger partial charge in [0.1, 0.15) is 5.82 Å². The summed E-state index contributed by atoms with van der Waals surface area (Å²) in [5.41, 5.74) is 1.88. The molecule has 19 heavy (non-hydrogen) atoms. The maximum absolute atomic E-state index is 13.2. The van der Waals surface area contributed by atoms with Crippen LogP contribution in [0.5, 0.6) is 0 Å². The van der Waals surface area contributed by atoms with Gasteiger partial charge in [0.15, 0.2) is 0 Å². The first-order valence-electron chi connectivity index (χ1n) is 6.34. The Morgan fingerprint density at radius 2 is 2.05 bits per heavy atom. The third-order valence-electron chi connectivity index (χ3n) is 3.48. The Hall–Kier alpha value is -1.61. The standard InChI is InChI=1S/C15H14ClFN2/c16-11-7-12(17)9-14(8-11)19-13-5-10(6-13)15-3-1-2-4-18-15/h1-4,7-10,13,19H,5-6H2. The molecular weight excluding hydrogens is 263 g/mol. The van der Waals surface area contributed by atoms with Crippen LogP contribution in [0.1, 0.15) is 24.5 Å². The highest BCUT2D eigenvalue weighted by atomic mass is 35.5. The molecule has 1 fully saturated rings. The van der Waals surface area contributed by atoms with E-state index in [1.165, 1.54) is 12.1 Å². The van der Waals surface area contributed by atoms with Crippen molar-refractivity contribution in [2.45, 2.75) is 24.8 Å². The maximum atomic E-state index is 13.2. The third kappa shape index (κ3) is 2.87. The SMILES string of the molecule is Fc1cc(Cl)cc(NC2CC(c3ccccn3)C2)c1. The molecule has 1 saturated carbocycles. The number of nitrogens with zero attached hydrogens (tertiary/aromatic N) is 1. The smallest absolute Gasteiger partial charge is 0.126 e. The van der Waals surface area contributed by atoms with E-state index in [0.29, 0.717) is 17.0 Å². The molecular formula is C15H14ClFN2. The van der Waals surface area contributed by atoms with Crippen molar-refractivity contribution in [3.8, 4) is 0 Å². The summed E-state index contributed by atoms with van der Waals surface area (Å²) in [5, 5.41) is 3.73. The Morgan fingerprint density at radius 1 is 1.21 bits per heavy atom. The summed E-state index contributed by atoms with van der Waals surface area (Å²) >= 11 is 5.83. The van der Waals surface area contributed by atoms with Gasteiger partial charge in [-0.05, 0) is 43.2 Å². The van der Waals surface area contributed by atoms with Crippen molar-refractivity contribution in [1.29, 1.82) is 0 Å². The molecule has 0 spiro atoms. The van der Waals surface area contributed by atoms with Crippen LogP contribution < -0.4 is 5.32 Å². The van der Waals surface area contributed by atoms with Crippen LogP contribution in [0.25, 0.3) is 0 Å². The van der Waals surface area contributed by atoms with Crippen LogP contribution in [0.4, 0.5) is 10.1 Å². The third-order valence-corrected chi connectivity index (χ3v) is 3.70. The fraction of sp³-hybridized carbons (Fsp3) is 0.267. The van der Waals surface area contributed by atoms with E-state index in [2.05, 4.69) is 16.4 Å². The first-order chi connectivity index (χ1) is 9.20. The molecule has 0 amide bonds. The average molecular weight is 277 g/mol. The number of pyridine rings is 1. The number of hydrogen-bond acceptors (Lipinski definition) is 2. The average Bonchev–Trinajstić information content (AvgIpc) is 2.33. The number of hydrogen-bond donors (Lipinski definition) is 1. The van der Waals surface area contributed by atoms with Gasteiger partial charge in [-0.2, -0.15) is 0 Å². The van der Waals surface area contributed by atoms with E-state index in [1.807, 2.05) is 18.3 Å². The van der Waals surface area contributed by atoms with Gasteiger partial charge in [0.25, 0.3) is 0 Å². The summed E-state index contributed by atoms with van der Waals surface area (Å²) in [5.74, 6) is 0.193. The highest BCUT2D eigenvalue weighted by molar-refractivity contribution is 6.30. The lowest BCUT2D eigenvalue weighted by Gasteiger charge is -2.36. The summed E-state index contributed by atoms with van der Waals surface area (Å²) < 4.78 is 13.2. The van der Waals surface area contributed by atoms with Crippen LogP contribution in [0.15, 0.2) is 42.6 Å². The van der Waals surface area contributed by atoms with Gasteiger partial charge in [0, 0.05) is 34.6 Å². The Bertz CT molecular complexity index is 547. The zero-order chi connectivity index (χ0) is 13.2. The fourth-order valence-electron chi connectivity index (χ4n) is 2.47. The lowest BCUT2D eigenvalue weighted by Crippen LogP contribution is -2.34. The quantitative estimate of drug-likeness (QED) is 0.907. The molecule has 0 aliphatic heterocycles. The van der Waals surface area contributed by atoms with E-state index in [9.17, 15) is 4.39 Å². The Labute approximate surface area is 116 Å². The van der Waals surface area contributed by atoms with E-state index in [0.717, 1.165) is 24.2 Å². The summed E-state index contributed by atoms with van der Waals surface area (Å²) in [6.07, 6.45) is 3.86. The van der Waals surface area contributed by atoms with Crippen molar-refractivity contribution in [1.82, 2.24) is 4.98 Å². The number of aromatic nitrogens is 1. The summed E-state index contributed by atoms with van der Waals surface area (Å²) in [6, 6.07) is 10.9. The van der Waals surface area contributed by atoms with E-state index in [1.54, 1.807) is 6.07 Å². The van der Waals surface area contributed by atoms with Crippen molar-refractivity contribution in [3.63, 3.8) is 0 Å². The highest BCUT2D eigenvalue weighted by Gasteiger charge is 2.31. The molecule has 0 unspecified atom stereocenters. The van der Waals surface area contributed by atoms with Crippen LogP contribution in [-0.4, -0.2) is 11.0 Å². The van der Waals surface area contributed by atoms with Gasteiger partial charge < -0.3 is 5.32 Å². The van der Waals surface area contributed by atoms with Gasteiger partial charge in [0.2, 0.25) is 0 Å². The number of rotatable bonds is 3. The van der Waals surface area contributed by atoms with Crippen molar-refractivity contribution >= 4 is 17.3 Å². The molecule has 0 atom stereocenters. The van der Waals surface area contributed by atoms with E-state index >= 15 is 0 Å². The molecule has 1 N–H and O–H groups in total. The predicted molar refractivity (Wildman–Crippen MR) is 75.0 cm³/mol. The molecule has 1 aromatic heterocycles. The van der Waals surface area contributed by atoms with Gasteiger partial charge >= 0.3 is 0 Å². The topological polar surface area (TPSA) is 24.9 Å².